The minimum Gasteiger partial charge on any atom is -0.335 e. The molecule has 2 aliphatic carbocycles. The number of thioether (sulfide) groups is 1. The van der Waals surface area contributed by atoms with Crippen LogP contribution in [0.5, 0.6) is 0 Å². The lowest BCUT2D eigenvalue weighted by Gasteiger charge is -2.25. The van der Waals surface area contributed by atoms with E-state index in [1.54, 1.807) is 6.92 Å². The van der Waals surface area contributed by atoms with Crippen molar-refractivity contribution in [2.24, 2.45) is 0 Å². The molecule has 0 bridgehead atoms. The van der Waals surface area contributed by atoms with Crippen LogP contribution in [0.15, 0.2) is 5.16 Å². The molecule has 0 aliphatic heterocycles. The normalized spacial score (nSPS) is 19.8. The summed E-state index contributed by atoms with van der Waals surface area (Å²) in [5, 5.41) is 14.0. The van der Waals surface area contributed by atoms with Gasteiger partial charge in [-0.05, 0) is 39.5 Å². The van der Waals surface area contributed by atoms with E-state index in [1.807, 2.05) is 6.92 Å². The predicted molar refractivity (Wildman–Crippen MR) is 91.9 cm³/mol. The summed E-state index contributed by atoms with van der Waals surface area (Å²) in [6.07, 6.45) is 8.00. The fourth-order valence-electron chi connectivity index (χ4n) is 3.06. The monoisotopic (exact) mass is 351 g/mol. The van der Waals surface area contributed by atoms with Crippen LogP contribution in [0, 0.1) is 6.92 Å². The van der Waals surface area contributed by atoms with Crippen LogP contribution in [-0.2, 0) is 4.79 Å². The van der Waals surface area contributed by atoms with Crippen molar-refractivity contribution in [1.29, 1.82) is 0 Å². The van der Waals surface area contributed by atoms with Crippen molar-refractivity contribution in [2.75, 3.05) is 0 Å². The average molecular weight is 351 g/mol. The van der Waals surface area contributed by atoms with Crippen LogP contribution >= 0.6 is 11.8 Å². The topological polar surface area (TPSA) is 88.9 Å². The van der Waals surface area contributed by atoms with Gasteiger partial charge in [-0.3, -0.25) is 10.1 Å². The highest BCUT2D eigenvalue weighted by molar-refractivity contribution is 8.00. The van der Waals surface area contributed by atoms with E-state index in [0.29, 0.717) is 6.04 Å². The number of urea groups is 1. The Morgan fingerprint density at radius 1 is 1.17 bits per heavy atom. The Balaban J connectivity index is 1.60. The van der Waals surface area contributed by atoms with Crippen molar-refractivity contribution in [2.45, 2.75) is 81.3 Å². The van der Waals surface area contributed by atoms with Gasteiger partial charge in [0.15, 0.2) is 5.16 Å². The molecule has 0 spiro atoms. The first-order chi connectivity index (χ1) is 11.5. The Bertz CT molecular complexity index is 608. The van der Waals surface area contributed by atoms with Crippen LogP contribution in [0.1, 0.15) is 63.7 Å². The molecule has 1 atom stereocenters. The van der Waals surface area contributed by atoms with E-state index in [-0.39, 0.29) is 11.9 Å². The summed E-state index contributed by atoms with van der Waals surface area (Å²) < 4.78 is 2.16. The maximum Gasteiger partial charge on any atom is 0.321 e. The Hall–Kier alpha value is -1.57. The van der Waals surface area contributed by atoms with Crippen LogP contribution in [0.25, 0.3) is 0 Å². The second kappa shape index (κ2) is 7.55. The molecule has 0 radical (unpaired) electrons. The van der Waals surface area contributed by atoms with Crippen LogP contribution in [-0.4, -0.2) is 38.0 Å². The first-order valence-electron chi connectivity index (χ1n) is 8.74. The molecule has 1 aromatic rings. The minimum atomic E-state index is -0.403. The first kappa shape index (κ1) is 17.3. The lowest BCUT2D eigenvalue weighted by Crippen LogP contribution is -2.43. The van der Waals surface area contributed by atoms with Crippen LogP contribution in [0.4, 0.5) is 4.79 Å². The van der Waals surface area contributed by atoms with Gasteiger partial charge in [0.25, 0.3) is 0 Å². The molecule has 0 saturated heterocycles. The Labute approximate surface area is 146 Å². The largest absolute Gasteiger partial charge is 0.335 e. The van der Waals surface area contributed by atoms with Crippen molar-refractivity contribution in [3.63, 3.8) is 0 Å². The quantitative estimate of drug-likeness (QED) is 0.796. The molecule has 2 aliphatic rings. The van der Waals surface area contributed by atoms with Crippen LogP contribution in [0.2, 0.25) is 0 Å². The average Bonchev–Trinajstić information content (AvgIpc) is 3.30. The number of amides is 3. The van der Waals surface area contributed by atoms with E-state index in [4.69, 9.17) is 0 Å². The number of nitrogens with zero attached hydrogens (tertiary/aromatic N) is 3. The van der Waals surface area contributed by atoms with E-state index < -0.39 is 11.3 Å². The molecular formula is C16H25N5O2S. The van der Waals surface area contributed by atoms with Gasteiger partial charge in [0.1, 0.15) is 5.82 Å². The van der Waals surface area contributed by atoms with Crippen molar-refractivity contribution >= 4 is 23.7 Å². The first-order valence-corrected chi connectivity index (χ1v) is 9.62. The van der Waals surface area contributed by atoms with Crippen molar-refractivity contribution in [3.8, 4) is 0 Å². The number of nitrogens with one attached hydrogen (secondary N) is 2. The standard InChI is InChI=1S/C16H25N5O2S/c1-10(14(22)18-15(23)17-12-8-9-12)24-16-20-19-11(2)21(16)13-6-4-3-5-7-13/h10,12-13H,3-9H2,1-2H3,(H2,17,18,22,23). The lowest BCUT2D eigenvalue weighted by molar-refractivity contribution is -0.119. The van der Waals surface area contributed by atoms with Crippen molar-refractivity contribution < 1.29 is 9.59 Å². The van der Waals surface area contributed by atoms with Gasteiger partial charge in [-0.1, -0.05) is 31.0 Å². The van der Waals surface area contributed by atoms with E-state index in [0.717, 1.165) is 36.7 Å². The maximum absolute atomic E-state index is 12.2. The molecule has 8 heteroatoms. The van der Waals surface area contributed by atoms with Gasteiger partial charge < -0.3 is 9.88 Å². The van der Waals surface area contributed by atoms with Gasteiger partial charge >= 0.3 is 6.03 Å². The molecule has 3 rings (SSSR count). The number of aryl methyl sites for hydroxylation is 1. The summed E-state index contributed by atoms with van der Waals surface area (Å²) in [6.45, 7) is 3.75. The molecule has 3 amide bonds. The Kier molecular flexibility index (Phi) is 5.43. The SMILES string of the molecule is Cc1nnc(SC(C)C(=O)NC(=O)NC2CC2)n1C1CCCCC1. The summed E-state index contributed by atoms with van der Waals surface area (Å²) in [5.74, 6) is 0.595. The van der Waals surface area contributed by atoms with Gasteiger partial charge in [0.05, 0.1) is 5.25 Å². The second-order valence-corrected chi connectivity index (χ2v) is 8.00. The van der Waals surface area contributed by atoms with E-state index >= 15 is 0 Å². The second-order valence-electron chi connectivity index (χ2n) is 6.69. The van der Waals surface area contributed by atoms with Gasteiger partial charge in [-0.15, -0.1) is 10.2 Å². The fraction of sp³-hybridized carbons (Fsp3) is 0.750. The molecule has 2 N–H and O–H groups in total. The van der Waals surface area contributed by atoms with Crippen LogP contribution < -0.4 is 10.6 Å². The molecule has 7 nitrogen and oxygen atoms in total. The maximum atomic E-state index is 12.2. The molecule has 0 aromatic carbocycles. The number of aromatic nitrogens is 3. The molecular weight excluding hydrogens is 326 g/mol. The summed E-state index contributed by atoms with van der Waals surface area (Å²) in [6, 6.07) is 0.252. The molecule has 132 valence electrons. The number of carbonyl (C=O) groups excluding carboxylic acids is 2. The number of carbonyl (C=O) groups is 2. The highest BCUT2D eigenvalue weighted by Gasteiger charge is 2.27. The number of rotatable bonds is 5. The van der Waals surface area contributed by atoms with Crippen molar-refractivity contribution in [1.82, 2.24) is 25.4 Å². The molecule has 2 saturated carbocycles. The summed E-state index contributed by atoms with van der Waals surface area (Å²) in [7, 11) is 0. The third-order valence-corrected chi connectivity index (χ3v) is 5.63. The van der Waals surface area contributed by atoms with Crippen LogP contribution in [0.3, 0.4) is 0 Å². The van der Waals surface area contributed by atoms with E-state index in [9.17, 15) is 9.59 Å². The van der Waals surface area contributed by atoms with Crippen molar-refractivity contribution in [3.05, 3.63) is 5.82 Å². The van der Waals surface area contributed by atoms with Gasteiger partial charge in [-0.25, -0.2) is 4.79 Å². The predicted octanol–water partition coefficient (Wildman–Crippen LogP) is 2.56. The lowest BCUT2D eigenvalue weighted by atomic mass is 9.95. The smallest absolute Gasteiger partial charge is 0.321 e. The summed E-state index contributed by atoms with van der Waals surface area (Å²) >= 11 is 1.37. The number of imide groups is 1. The Morgan fingerprint density at radius 2 is 1.88 bits per heavy atom. The summed E-state index contributed by atoms with van der Waals surface area (Å²) in [5.41, 5.74) is 0. The third kappa shape index (κ3) is 4.28. The van der Waals surface area contributed by atoms with Gasteiger partial charge in [0.2, 0.25) is 5.91 Å². The zero-order chi connectivity index (χ0) is 17.1. The highest BCUT2D eigenvalue weighted by atomic mass is 32.2. The van der Waals surface area contributed by atoms with E-state index in [2.05, 4.69) is 25.4 Å². The molecule has 1 unspecified atom stereocenters. The number of hydrogen-bond donors (Lipinski definition) is 2. The van der Waals surface area contributed by atoms with E-state index in [1.165, 1.54) is 31.0 Å². The fourth-order valence-corrected chi connectivity index (χ4v) is 4.03. The third-order valence-electron chi connectivity index (χ3n) is 4.58. The molecule has 2 fully saturated rings. The Morgan fingerprint density at radius 3 is 2.54 bits per heavy atom. The zero-order valence-electron chi connectivity index (χ0n) is 14.2. The highest BCUT2D eigenvalue weighted by Crippen LogP contribution is 2.33. The van der Waals surface area contributed by atoms with Gasteiger partial charge in [0, 0.05) is 12.1 Å². The van der Waals surface area contributed by atoms with Gasteiger partial charge in [-0.2, -0.15) is 0 Å². The molecule has 1 heterocycles. The number of hydrogen-bond acceptors (Lipinski definition) is 5. The summed E-state index contributed by atoms with van der Waals surface area (Å²) in [4.78, 5) is 23.9. The zero-order valence-corrected chi connectivity index (χ0v) is 15.1. The molecule has 1 aromatic heterocycles. The molecule has 24 heavy (non-hydrogen) atoms. The minimum absolute atomic E-state index is 0.234.